The van der Waals surface area contributed by atoms with Crippen LogP contribution in [0.3, 0.4) is 0 Å². The highest BCUT2D eigenvalue weighted by atomic mass is 35.5. The zero-order valence-corrected chi connectivity index (χ0v) is 11.7. The fourth-order valence-corrected chi connectivity index (χ4v) is 2.03. The summed E-state index contributed by atoms with van der Waals surface area (Å²) in [6, 6.07) is 5.29. The van der Waals surface area contributed by atoms with Crippen LogP contribution in [0.1, 0.15) is 32.0 Å². The first-order valence-corrected chi connectivity index (χ1v) is 6.19. The van der Waals surface area contributed by atoms with Gasteiger partial charge in [0.05, 0.1) is 16.4 Å². The third kappa shape index (κ3) is 2.41. The molecule has 1 heterocycles. The highest BCUT2D eigenvalue weighted by Gasteiger charge is 2.21. The van der Waals surface area contributed by atoms with Crippen molar-refractivity contribution < 1.29 is 4.39 Å². The maximum Gasteiger partial charge on any atom is 0.145 e. The van der Waals surface area contributed by atoms with E-state index in [9.17, 15) is 4.39 Å². The van der Waals surface area contributed by atoms with Crippen molar-refractivity contribution in [3.63, 3.8) is 0 Å². The summed E-state index contributed by atoms with van der Waals surface area (Å²) in [6.07, 6.45) is 1.84. The van der Waals surface area contributed by atoms with Gasteiger partial charge in [-0.2, -0.15) is 5.10 Å². The second kappa shape index (κ2) is 4.39. The lowest BCUT2D eigenvalue weighted by Gasteiger charge is -2.21. The van der Waals surface area contributed by atoms with E-state index in [0.29, 0.717) is 5.56 Å². The van der Waals surface area contributed by atoms with Crippen LogP contribution in [0.4, 0.5) is 4.39 Å². The molecule has 2 aromatic rings. The van der Waals surface area contributed by atoms with E-state index >= 15 is 0 Å². The van der Waals surface area contributed by atoms with E-state index in [1.807, 2.05) is 40.0 Å². The molecule has 96 valence electrons. The van der Waals surface area contributed by atoms with Crippen LogP contribution in [0, 0.1) is 12.7 Å². The van der Waals surface area contributed by atoms with Gasteiger partial charge >= 0.3 is 0 Å². The van der Waals surface area contributed by atoms with Crippen molar-refractivity contribution in [3.8, 4) is 5.69 Å². The smallest absolute Gasteiger partial charge is 0.145 e. The Morgan fingerprint density at radius 1 is 1.28 bits per heavy atom. The summed E-state index contributed by atoms with van der Waals surface area (Å²) < 4.78 is 15.7. The molecule has 0 saturated heterocycles. The minimum absolute atomic E-state index is 0.130. The van der Waals surface area contributed by atoms with Crippen LogP contribution in [0.5, 0.6) is 0 Å². The van der Waals surface area contributed by atoms with Gasteiger partial charge in [0.15, 0.2) is 0 Å². The summed E-state index contributed by atoms with van der Waals surface area (Å²) in [6.45, 7) is 7.78. The van der Waals surface area contributed by atoms with E-state index in [-0.39, 0.29) is 16.3 Å². The Morgan fingerprint density at radius 2 is 1.94 bits per heavy atom. The summed E-state index contributed by atoms with van der Waals surface area (Å²) in [5.74, 6) is -0.350. The van der Waals surface area contributed by atoms with Crippen molar-refractivity contribution in [2.45, 2.75) is 33.1 Å². The first-order chi connectivity index (χ1) is 8.29. The molecule has 0 radical (unpaired) electrons. The van der Waals surface area contributed by atoms with Crippen LogP contribution in [-0.4, -0.2) is 9.78 Å². The van der Waals surface area contributed by atoms with Gasteiger partial charge in [0.25, 0.3) is 0 Å². The van der Waals surface area contributed by atoms with Gasteiger partial charge in [-0.1, -0.05) is 32.4 Å². The van der Waals surface area contributed by atoms with E-state index in [0.717, 1.165) is 11.4 Å². The van der Waals surface area contributed by atoms with Gasteiger partial charge in [-0.25, -0.2) is 9.07 Å². The molecule has 0 unspecified atom stereocenters. The largest absolute Gasteiger partial charge is 0.241 e. The minimum Gasteiger partial charge on any atom is -0.241 e. The molecule has 2 nitrogen and oxygen atoms in total. The van der Waals surface area contributed by atoms with E-state index in [1.165, 1.54) is 0 Å². The van der Waals surface area contributed by atoms with Gasteiger partial charge in [-0.05, 0) is 36.1 Å². The predicted octanol–water partition coefficient (Wildman–Crippen LogP) is 4.27. The first kappa shape index (κ1) is 13.1. The van der Waals surface area contributed by atoms with Crippen molar-refractivity contribution in [3.05, 3.63) is 46.5 Å². The molecule has 2 rings (SSSR count). The quantitative estimate of drug-likeness (QED) is 0.754. The average Bonchev–Trinajstić information content (AvgIpc) is 2.67. The van der Waals surface area contributed by atoms with E-state index in [2.05, 4.69) is 5.10 Å². The SMILES string of the molecule is Cc1ccn(-c2cc(Cl)c(F)c(C(C)(C)C)c2)n1. The van der Waals surface area contributed by atoms with Gasteiger partial charge in [-0.3, -0.25) is 0 Å². The van der Waals surface area contributed by atoms with Gasteiger partial charge < -0.3 is 0 Å². The molecule has 0 bridgehead atoms. The summed E-state index contributed by atoms with van der Waals surface area (Å²) in [4.78, 5) is 0. The van der Waals surface area contributed by atoms with Crippen molar-refractivity contribution >= 4 is 11.6 Å². The third-order valence-corrected chi connectivity index (χ3v) is 3.08. The molecule has 0 saturated carbocycles. The predicted molar refractivity (Wildman–Crippen MR) is 72.0 cm³/mol. The number of aromatic nitrogens is 2. The average molecular weight is 267 g/mol. The third-order valence-electron chi connectivity index (χ3n) is 2.81. The molecule has 1 aromatic heterocycles. The van der Waals surface area contributed by atoms with Gasteiger partial charge in [0.1, 0.15) is 5.82 Å². The Kier molecular flexibility index (Phi) is 3.20. The molecule has 0 aliphatic heterocycles. The second-order valence-corrected chi connectivity index (χ2v) is 5.85. The number of rotatable bonds is 1. The Labute approximate surface area is 111 Å². The summed E-state index contributed by atoms with van der Waals surface area (Å²) >= 11 is 5.97. The van der Waals surface area contributed by atoms with Crippen LogP contribution in [-0.2, 0) is 5.41 Å². The molecule has 4 heteroatoms. The number of halogens is 2. The zero-order valence-electron chi connectivity index (χ0n) is 11.0. The van der Waals surface area contributed by atoms with Crippen LogP contribution in [0.15, 0.2) is 24.4 Å². The lowest BCUT2D eigenvalue weighted by atomic mass is 9.86. The molecule has 0 aliphatic rings. The fraction of sp³-hybridized carbons (Fsp3) is 0.357. The topological polar surface area (TPSA) is 17.8 Å². The summed E-state index contributed by atoms with van der Waals surface area (Å²) in [5.41, 5.74) is 1.98. The van der Waals surface area contributed by atoms with Crippen LogP contribution in [0.25, 0.3) is 5.69 Å². The standard InChI is InChI=1S/C14H16ClFN2/c1-9-5-6-18(17-9)10-7-11(14(2,3)4)13(16)12(15)8-10/h5-8H,1-4H3. The molecule has 1 aromatic carbocycles. The molecule has 0 fully saturated rings. The van der Waals surface area contributed by atoms with Crippen molar-refractivity contribution in [1.29, 1.82) is 0 Å². The van der Waals surface area contributed by atoms with Gasteiger partial charge in [0.2, 0.25) is 0 Å². The van der Waals surface area contributed by atoms with Crippen LogP contribution in [0.2, 0.25) is 5.02 Å². The Morgan fingerprint density at radius 3 is 2.44 bits per heavy atom. The number of aryl methyl sites for hydroxylation is 1. The Bertz CT molecular complexity index is 582. The molecule has 0 spiro atoms. The number of hydrogen-bond donors (Lipinski definition) is 0. The lowest BCUT2D eigenvalue weighted by Crippen LogP contribution is -2.15. The Balaban J connectivity index is 2.61. The summed E-state index contributed by atoms with van der Waals surface area (Å²) in [7, 11) is 0. The summed E-state index contributed by atoms with van der Waals surface area (Å²) in [5, 5.41) is 4.44. The number of nitrogens with zero attached hydrogens (tertiary/aromatic N) is 2. The first-order valence-electron chi connectivity index (χ1n) is 5.81. The van der Waals surface area contributed by atoms with Crippen molar-refractivity contribution in [2.75, 3.05) is 0 Å². The molecule has 18 heavy (non-hydrogen) atoms. The molecule has 0 atom stereocenters. The molecule has 0 amide bonds. The second-order valence-electron chi connectivity index (χ2n) is 5.44. The van der Waals surface area contributed by atoms with E-state index in [4.69, 9.17) is 11.6 Å². The molecule has 0 aliphatic carbocycles. The Hall–Kier alpha value is -1.35. The monoisotopic (exact) mass is 266 g/mol. The maximum absolute atomic E-state index is 14.0. The van der Waals surface area contributed by atoms with Crippen molar-refractivity contribution in [2.24, 2.45) is 0 Å². The van der Waals surface area contributed by atoms with E-state index in [1.54, 1.807) is 16.8 Å². The molecular weight excluding hydrogens is 251 g/mol. The number of hydrogen-bond acceptors (Lipinski definition) is 1. The normalized spacial score (nSPS) is 11.9. The highest BCUT2D eigenvalue weighted by molar-refractivity contribution is 6.31. The fourth-order valence-electron chi connectivity index (χ4n) is 1.81. The molecule has 0 N–H and O–H groups in total. The minimum atomic E-state index is -0.350. The molecular formula is C14H16ClFN2. The van der Waals surface area contributed by atoms with E-state index < -0.39 is 0 Å². The van der Waals surface area contributed by atoms with Crippen molar-refractivity contribution in [1.82, 2.24) is 9.78 Å². The number of benzene rings is 1. The van der Waals surface area contributed by atoms with Gasteiger partial charge in [0, 0.05) is 6.20 Å². The maximum atomic E-state index is 14.0. The van der Waals surface area contributed by atoms with Gasteiger partial charge in [-0.15, -0.1) is 0 Å². The van der Waals surface area contributed by atoms with Crippen LogP contribution >= 0.6 is 11.6 Å². The highest BCUT2D eigenvalue weighted by Crippen LogP contribution is 2.31. The lowest BCUT2D eigenvalue weighted by molar-refractivity contribution is 0.522. The van der Waals surface area contributed by atoms with Crippen LogP contribution < -0.4 is 0 Å². The zero-order chi connectivity index (χ0) is 13.5.